The molecule has 0 radical (unpaired) electrons. The summed E-state index contributed by atoms with van der Waals surface area (Å²) in [6, 6.07) is 5.46. The molecule has 0 spiro atoms. The van der Waals surface area contributed by atoms with E-state index in [2.05, 4.69) is 32.6 Å². The number of rotatable bonds is 7. The van der Waals surface area contributed by atoms with Gasteiger partial charge in [0.2, 0.25) is 0 Å². The second-order valence-corrected chi connectivity index (χ2v) is 5.59. The van der Waals surface area contributed by atoms with Gasteiger partial charge in [0, 0.05) is 23.2 Å². The van der Waals surface area contributed by atoms with E-state index in [0.717, 1.165) is 18.7 Å². The van der Waals surface area contributed by atoms with Gasteiger partial charge in [-0.2, -0.15) is 0 Å². The Morgan fingerprint density at radius 3 is 2.37 bits per heavy atom. The van der Waals surface area contributed by atoms with E-state index in [-0.39, 0.29) is 6.04 Å². The first-order valence-electron chi connectivity index (χ1n) is 7.25. The smallest absolute Gasteiger partial charge is 0.120 e. The minimum Gasteiger partial charge on any atom is -0.508 e. The van der Waals surface area contributed by atoms with Crippen molar-refractivity contribution in [2.75, 3.05) is 13.1 Å². The fourth-order valence-electron chi connectivity index (χ4n) is 2.50. The van der Waals surface area contributed by atoms with Crippen LogP contribution in [0.1, 0.15) is 52.1 Å². The molecule has 1 aromatic carbocycles. The van der Waals surface area contributed by atoms with Crippen LogP contribution in [0.2, 0.25) is 5.02 Å². The summed E-state index contributed by atoms with van der Waals surface area (Å²) in [6.45, 7) is 10.8. The number of halogens is 1. The van der Waals surface area contributed by atoms with Crippen molar-refractivity contribution in [3.05, 3.63) is 28.8 Å². The van der Waals surface area contributed by atoms with Gasteiger partial charge >= 0.3 is 0 Å². The molecule has 1 rings (SSSR count). The Hall–Kier alpha value is -0.730. The average Bonchev–Trinajstić information content (AvgIpc) is 2.42. The maximum atomic E-state index is 10.0. The van der Waals surface area contributed by atoms with E-state index in [1.54, 1.807) is 12.1 Å². The molecule has 0 bridgehead atoms. The molecule has 2 nitrogen and oxygen atoms in total. The molecule has 1 aromatic rings. The number of aromatic hydroxyl groups is 1. The van der Waals surface area contributed by atoms with Crippen molar-refractivity contribution >= 4 is 11.6 Å². The Kier molecular flexibility index (Phi) is 6.67. The number of phenolic OH excluding ortho intramolecular Hbond substituents is 1. The Morgan fingerprint density at radius 2 is 1.84 bits per heavy atom. The lowest BCUT2D eigenvalue weighted by atomic mass is 10.00. The summed E-state index contributed by atoms with van der Waals surface area (Å²) in [5.74, 6) is 1.05. The normalized spacial score (nSPS) is 13.2. The first kappa shape index (κ1) is 16.3. The van der Waals surface area contributed by atoms with Crippen LogP contribution < -0.4 is 0 Å². The molecule has 0 aliphatic rings. The molecule has 0 heterocycles. The summed E-state index contributed by atoms with van der Waals surface area (Å²) in [6.07, 6.45) is 2.39. The van der Waals surface area contributed by atoms with Crippen LogP contribution >= 0.6 is 11.6 Å². The lowest BCUT2D eigenvalue weighted by Gasteiger charge is -2.31. The molecule has 1 atom stereocenters. The zero-order chi connectivity index (χ0) is 14.4. The van der Waals surface area contributed by atoms with Gasteiger partial charge < -0.3 is 5.11 Å². The van der Waals surface area contributed by atoms with Crippen molar-refractivity contribution in [2.24, 2.45) is 5.92 Å². The van der Waals surface area contributed by atoms with Gasteiger partial charge in [0.15, 0.2) is 0 Å². The lowest BCUT2D eigenvalue weighted by Crippen LogP contribution is -2.31. The number of hydrogen-bond donors (Lipinski definition) is 1. The van der Waals surface area contributed by atoms with Crippen LogP contribution in [0.5, 0.6) is 5.75 Å². The molecule has 1 unspecified atom stereocenters. The van der Waals surface area contributed by atoms with Crippen LogP contribution in [0.3, 0.4) is 0 Å². The van der Waals surface area contributed by atoms with E-state index in [1.165, 1.54) is 12.8 Å². The van der Waals surface area contributed by atoms with E-state index in [0.29, 0.717) is 16.7 Å². The van der Waals surface area contributed by atoms with Gasteiger partial charge in [-0.05, 0) is 37.6 Å². The topological polar surface area (TPSA) is 23.5 Å². The molecule has 0 saturated carbocycles. The zero-order valence-electron chi connectivity index (χ0n) is 12.5. The third kappa shape index (κ3) is 4.39. The number of phenols is 1. The zero-order valence-corrected chi connectivity index (χ0v) is 13.2. The summed E-state index contributed by atoms with van der Waals surface area (Å²) in [7, 11) is 0. The molecule has 0 aromatic heterocycles. The van der Waals surface area contributed by atoms with Gasteiger partial charge in [0.05, 0.1) is 0 Å². The van der Waals surface area contributed by atoms with E-state index in [9.17, 15) is 5.11 Å². The molecule has 0 aliphatic carbocycles. The number of hydrogen-bond acceptors (Lipinski definition) is 2. The van der Waals surface area contributed by atoms with Crippen molar-refractivity contribution in [3.63, 3.8) is 0 Å². The minimum atomic E-state index is 0.185. The molecule has 3 heteroatoms. The predicted octanol–water partition coefficient (Wildman–Crippen LogP) is 4.86. The highest BCUT2D eigenvalue weighted by atomic mass is 35.5. The predicted molar refractivity (Wildman–Crippen MR) is 82.9 cm³/mol. The monoisotopic (exact) mass is 283 g/mol. The van der Waals surface area contributed by atoms with Crippen LogP contribution in [0.25, 0.3) is 0 Å². The molecule has 19 heavy (non-hydrogen) atoms. The fourth-order valence-corrected chi connectivity index (χ4v) is 2.68. The van der Waals surface area contributed by atoms with Gasteiger partial charge in [-0.25, -0.2) is 0 Å². The largest absolute Gasteiger partial charge is 0.508 e. The van der Waals surface area contributed by atoms with E-state index in [4.69, 9.17) is 11.6 Å². The summed E-state index contributed by atoms with van der Waals surface area (Å²) < 4.78 is 0. The lowest BCUT2D eigenvalue weighted by molar-refractivity contribution is 0.179. The molecule has 108 valence electrons. The maximum absolute atomic E-state index is 10.0. The Morgan fingerprint density at radius 1 is 1.21 bits per heavy atom. The quantitative estimate of drug-likeness (QED) is 0.772. The standard InChI is InChI=1S/C16H26ClNO/c1-5-13(6-2)11-18(7-3)12(4)15-10-14(17)8-9-16(15)19/h8-10,12-13,19H,5-7,11H2,1-4H3. The van der Waals surface area contributed by atoms with Crippen LogP contribution in [0, 0.1) is 5.92 Å². The molecule has 0 aliphatic heterocycles. The second kappa shape index (κ2) is 7.76. The van der Waals surface area contributed by atoms with Gasteiger partial charge in [0.25, 0.3) is 0 Å². The van der Waals surface area contributed by atoms with Gasteiger partial charge in [-0.1, -0.05) is 45.2 Å². The Labute approximate surface area is 122 Å². The van der Waals surface area contributed by atoms with Crippen LogP contribution in [0.4, 0.5) is 0 Å². The van der Waals surface area contributed by atoms with Crippen molar-refractivity contribution < 1.29 is 5.11 Å². The average molecular weight is 284 g/mol. The van der Waals surface area contributed by atoms with Gasteiger partial charge in [-0.3, -0.25) is 4.90 Å². The molecule has 0 amide bonds. The highest BCUT2D eigenvalue weighted by Crippen LogP contribution is 2.31. The second-order valence-electron chi connectivity index (χ2n) is 5.15. The third-order valence-electron chi connectivity index (χ3n) is 4.04. The van der Waals surface area contributed by atoms with Gasteiger partial charge in [0.1, 0.15) is 5.75 Å². The molecule has 0 fully saturated rings. The Balaban J connectivity index is 2.88. The minimum absolute atomic E-state index is 0.185. The SMILES string of the molecule is CCC(CC)CN(CC)C(C)c1cc(Cl)ccc1O. The van der Waals surface area contributed by atoms with Gasteiger partial charge in [-0.15, -0.1) is 0 Å². The Bertz CT molecular complexity index is 390. The molecule has 1 N–H and O–H groups in total. The fraction of sp³-hybridized carbons (Fsp3) is 0.625. The van der Waals surface area contributed by atoms with Crippen molar-refractivity contribution in [1.82, 2.24) is 4.90 Å². The summed E-state index contributed by atoms with van der Waals surface area (Å²) in [4.78, 5) is 2.41. The van der Waals surface area contributed by atoms with E-state index < -0.39 is 0 Å². The highest BCUT2D eigenvalue weighted by Gasteiger charge is 2.20. The van der Waals surface area contributed by atoms with Crippen molar-refractivity contribution in [2.45, 2.75) is 46.6 Å². The maximum Gasteiger partial charge on any atom is 0.120 e. The molecular formula is C16H26ClNO. The van der Waals surface area contributed by atoms with Crippen LogP contribution in [-0.4, -0.2) is 23.1 Å². The summed E-state index contributed by atoms with van der Waals surface area (Å²) in [5, 5.41) is 10.7. The first-order chi connectivity index (χ1) is 9.03. The van der Waals surface area contributed by atoms with Crippen molar-refractivity contribution in [3.8, 4) is 5.75 Å². The van der Waals surface area contributed by atoms with Crippen LogP contribution in [-0.2, 0) is 0 Å². The summed E-state index contributed by atoms with van der Waals surface area (Å²) >= 11 is 6.04. The number of nitrogens with zero attached hydrogens (tertiary/aromatic N) is 1. The van der Waals surface area contributed by atoms with E-state index in [1.807, 2.05) is 6.07 Å². The first-order valence-corrected chi connectivity index (χ1v) is 7.63. The van der Waals surface area contributed by atoms with Crippen molar-refractivity contribution in [1.29, 1.82) is 0 Å². The number of benzene rings is 1. The molecular weight excluding hydrogens is 258 g/mol. The molecule has 0 saturated heterocycles. The summed E-state index contributed by atoms with van der Waals surface area (Å²) in [5.41, 5.74) is 0.917. The van der Waals surface area contributed by atoms with E-state index >= 15 is 0 Å². The highest BCUT2D eigenvalue weighted by molar-refractivity contribution is 6.30. The third-order valence-corrected chi connectivity index (χ3v) is 4.28. The van der Waals surface area contributed by atoms with Crippen LogP contribution in [0.15, 0.2) is 18.2 Å².